The van der Waals surface area contributed by atoms with Crippen molar-refractivity contribution in [1.29, 1.82) is 0 Å². The molecule has 4 heteroatoms. The maximum Gasteiger partial charge on any atom is 0.246 e. The summed E-state index contributed by atoms with van der Waals surface area (Å²) in [5, 5.41) is 3.43. The number of fused-ring (bicyclic) bond motifs is 5. The Kier molecular flexibility index (Phi) is 4.52. The third-order valence-corrected chi connectivity index (χ3v) is 9.11. The number of carbonyl (C=O) groups excluding carboxylic acids is 2. The zero-order valence-corrected chi connectivity index (χ0v) is 18.5. The number of nitrogens with zero attached hydrogens (tertiary/aromatic N) is 1. The zero-order chi connectivity index (χ0) is 20.5. The Balaban J connectivity index is 1.58. The van der Waals surface area contributed by atoms with Crippen LogP contribution in [0.15, 0.2) is 12.2 Å². The van der Waals surface area contributed by atoms with Gasteiger partial charge in [-0.25, -0.2) is 0 Å². The molecular formula is C24H38N2O2. The normalized spacial score (nSPS) is 45.3. The highest BCUT2D eigenvalue weighted by Gasteiger charge is 2.60. The summed E-state index contributed by atoms with van der Waals surface area (Å²) in [6.07, 6.45) is 11.1. The molecule has 0 aromatic carbocycles. The number of nitrogens with one attached hydrogen (secondary N) is 1. The number of carbonyl (C=O) groups is 2. The van der Waals surface area contributed by atoms with Gasteiger partial charge >= 0.3 is 0 Å². The van der Waals surface area contributed by atoms with Gasteiger partial charge in [-0.1, -0.05) is 40.7 Å². The fourth-order valence-electron chi connectivity index (χ4n) is 7.35. The van der Waals surface area contributed by atoms with E-state index in [0.29, 0.717) is 29.8 Å². The Labute approximate surface area is 170 Å². The van der Waals surface area contributed by atoms with E-state index in [4.69, 9.17) is 0 Å². The van der Waals surface area contributed by atoms with Crippen molar-refractivity contribution in [3.05, 3.63) is 12.2 Å². The van der Waals surface area contributed by atoms with Crippen molar-refractivity contribution in [2.75, 3.05) is 7.05 Å². The zero-order valence-electron chi connectivity index (χ0n) is 18.5. The van der Waals surface area contributed by atoms with Crippen LogP contribution >= 0.6 is 0 Å². The topological polar surface area (TPSA) is 49.4 Å². The standard InChI is InChI=1S/C24H38N2O2/c1-22(2,3)21(28)25-18-9-8-16-15-7-10-19-24(5,14-12-20(27)26(19)6)17(15)11-13-23(16,18)4/h12,14-19H,7-11,13H2,1-6H3,(H,25,28)/t15-,16-,17-,18-,19+,23-,24+/m0/s1. The highest BCUT2D eigenvalue weighted by atomic mass is 16.2. The average molecular weight is 387 g/mol. The average Bonchev–Trinajstić information content (AvgIpc) is 2.94. The van der Waals surface area contributed by atoms with Gasteiger partial charge in [0, 0.05) is 30.0 Å². The van der Waals surface area contributed by atoms with Gasteiger partial charge in [0.05, 0.1) is 0 Å². The van der Waals surface area contributed by atoms with Crippen molar-refractivity contribution >= 4 is 11.8 Å². The third kappa shape index (κ3) is 2.77. The first-order valence-electron chi connectivity index (χ1n) is 11.3. The molecule has 0 radical (unpaired) electrons. The van der Waals surface area contributed by atoms with Crippen molar-refractivity contribution in [3.8, 4) is 0 Å². The van der Waals surface area contributed by atoms with Gasteiger partial charge < -0.3 is 10.2 Å². The van der Waals surface area contributed by atoms with Crippen LogP contribution in [-0.4, -0.2) is 35.8 Å². The number of hydrogen-bond donors (Lipinski definition) is 1. The SMILES string of the molecule is CN1C(=O)C=C[C@]2(C)[C@H]3CC[C@]4(C)[C@@H](NC(=O)C(C)(C)C)CC[C@H]4[C@@H]3CC[C@@H]12. The predicted octanol–water partition coefficient (Wildman–Crippen LogP) is 4.16. The monoisotopic (exact) mass is 386 g/mol. The summed E-state index contributed by atoms with van der Waals surface area (Å²) >= 11 is 0. The highest BCUT2D eigenvalue weighted by Crippen LogP contribution is 2.63. The van der Waals surface area contributed by atoms with Crippen LogP contribution in [-0.2, 0) is 9.59 Å². The van der Waals surface area contributed by atoms with E-state index in [2.05, 4.69) is 25.2 Å². The van der Waals surface area contributed by atoms with Gasteiger partial charge in [0.15, 0.2) is 0 Å². The van der Waals surface area contributed by atoms with E-state index in [-0.39, 0.29) is 28.1 Å². The summed E-state index contributed by atoms with van der Waals surface area (Å²) in [4.78, 5) is 26.9. The lowest BCUT2D eigenvalue weighted by atomic mass is 9.48. The minimum atomic E-state index is -0.332. The minimum absolute atomic E-state index is 0.0969. The molecule has 0 bridgehead atoms. The van der Waals surface area contributed by atoms with Crippen LogP contribution in [0.4, 0.5) is 0 Å². The van der Waals surface area contributed by atoms with Gasteiger partial charge in [0.2, 0.25) is 11.8 Å². The van der Waals surface area contributed by atoms with Crippen molar-refractivity contribution in [1.82, 2.24) is 10.2 Å². The van der Waals surface area contributed by atoms with Crippen LogP contribution in [0, 0.1) is 34.0 Å². The van der Waals surface area contributed by atoms with Gasteiger partial charge in [0.1, 0.15) is 0 Å². The van der Waals surface area contributed by atoms with E-state index in [1.807, 2.05) is 38.8 Å². The molecule has 0 unspecified atom stereocenters. The summed E-state index contributed by atoms with van der Waals surface area (Å²) in [6, 6.07) is 0.648. The Morgan fingerprint density at radius 3 is 2.50 bits per heavy atom. The molecule has 0 aromatic rings. The second-order valence-corrected chi connectivity index (χ2v) is 11.5. The molecule has 0 saturated heterocycles. The molecule has 4 aliphatic rings. The minimum Gasteiger partial charge on any atom is -0.352 e. The van der Waals surface area contributed by atoms with Crippen molar-refractivity contribution in [2.45, 2.75) is 85.2 Å². The summed E-state index contributed by atoms with van der Waals surface area (Å²) in [5.74, 6) is 2.39. The molecular weight excluding hydrogens is 348 g/mol. The molecule has 1 heterocycles. The van der Waals surface area contributed by atoms with Crippen molar-refractivity contribution in [2.24, 2.45) is 34.0 Å². The molecule has 4 nitrogen and oxygen atoms in total. The largest absolute Gasteiger partial charge is 0.352 e. The van der Waals surface area contributed by atoms with Gasteiger partial charge in [-0.05, 0) is 67.8 Å². The Morgan fingerprint density at radius 1 is 1.11 bits per heavy atom. The molecule has 1 N–H and O–H groups in total. The lowest BCUT2D eigenvalue weighted by Gasteiger charge is -2.60. The highest BCUT2D eigenvalue weighted by molar-refractivity contribution is 5.89. The Bertz CT molecular complexity index is 708. The maximum absolute atomic E-state index is 12.7. The Morgan fingerprint density at radius 2 is 1.82 bits per heavy atom. The second kappa shape index (κ2) is 6.34. The van der Waals surface area contributed by atoms with E-state index in [1.54, 1.807) is 0 Å². The van der Waals surface area contributed by atoms with E-state index in [1.165, 1.54) is 25.7 Å². The van der Waals surface area contributed by atoms with E-state index in [9.17, 15) is 9.59 Å². The molecule has 3 fully saturated rings. The fourth-order valence-corrected chi connectivity index (χ4v) is 7.35. The second-order valence-electron chi connectivity index (χ2n) is 11.5. The number of hydrogen-bond acceptors (Lipinski definition) is 2. The summed E-state index contributed by atoms with van der Waals surface area (Å²) in [7, 11) is 1.98. The van der Waals surface area contributed by atoms with Crippen LogP contribution in [0.25, 0.3) is 0 Å². The molecule has 0 spiro atoms. The van der Waals surface area contributed by atoms with Gasteiger partial charge in [-0.15, -0.1) is 0 Å². The third-order valence-electron chi connectivity index (χ3n) is 9.11. The van der Waals surface area contributed by atoms with Crippen LogP contribution in [0.2, 0.25) is 0 Å². The molecule has 156 valence electrons. The molecule has 2 amide bonds. The number of amides is 2. The van der Waals surface area contributed by atoms with Crippen LogP contribution in [0.3, 0.4) is 0 Å². The van der Waals surface area contributed by atoms with E-state index >= 15 is 0 Å². The number of rotatable bonds is 1. The van der Waals surface area contributed by atoms with Crippen LogP contribution < -0.4 is 5.32 Å². The molecule has 0 aromatic heterocycles. The van der Waals surface area contributed by atoms with Crippen LogP contribution in [0.1, 0.15) is 73.1 Å². The van der Waals surface area contributed by atoms with Crippen molar-refractivity contribution < 1.29 is 9.59 Å². The quantitative estimate of drug-likeness (QED) is 0.736. The smallest absolute Gasteiger partial charge is 0.246 e. The Hall–Kier alpha value is -1.32. The first-order valence-corrected chi connectivity index (χ1v) is 11.3. The first-order chi connectivity index (χ1) is 13.0. The summed E-state index contributed by atoms with van der Waals surface area (Å²) in [5.41, 5.74) is -0.0216. The van der Waals surface area contributed by atoms with Gasteiger partial charge in [-0.2, -0.15) is 0 Å². The molecule has 3 saturated carbocycles. The van der Waals surface area contributed by atoms with Crippen LogP contribution in [0.5, 0.6) is 0 Å². The van der Waals surface area contributed by atoms with Gasteiger partial charge in [-0.3, -0.25) is 9.59 Å². The molecule has 7 atom stereocenters. The predicted molar refractivity (Wildman–Crippen MR) is 111 cm³/mol. The lowest BCUT2D eigenvalue weighted by Crippen LogP contribution is -2.60. The summed E-state index contributed by atoms with van der Waals surface area (Å²) in [6.45, 7) is 10.8. The number of likely N-dealkylation sites (N-methyl/N-ethyl adjacent to an activating group) is 1. The van der Waals surface area contributed by atoms with E-state index in [0.717, 1.165) is 12.8 Å². The molecule has 28 heavy (non-hydrogen) atoms. The molecule has 3 aliphatic carbocycles. The first kappa shape index (κ1) is 20.0. The van der Waals surface area contributed by atoms with Gasteiger partial charge in [0.25, 0.3) is 0 Å². The fraction of sp³-hybridized carbons (Fsp3) is 0.833. The maximum atomic E-state index is 12.7. The summed E-state index contributed by atoms with van der Waals surface area (Å²) < 4.78 is 0. The molecule has 4 rings (SSSR count). The lowest BCUT2D eigenvalue weighted by molar-refractivity contribution is -0.139. The van der Waals surface area contributed by atoms with E-state index < -0.39 is 0 Å². The molecule has 1 aliphatic heterocycles. The van der Waals surface area contributed by atoms with Crippen molar-refractivity contribution in [3.63, 3.8) is 0 Å².